The lowest BCUT2D eigenvalue weighted by atomic mass is 9.93. The van der Waals surface area contributed by atoms with Crippen molar-refractivity contribution < 1.29 is 23.1 Å². The SMILES string of the molecule is CCOC(=O)C1C(Cl)=CC=CC1(Cl)NC(=O)c1cn(C)nc1C(F)F. The molecule has 0 bridgehead atoms. The standard InChI is InChI=1S/C15H15Cl2F2N3O3/c1-3-25-14(24)10-9(16)5-4-6-15(10,17)20-13(23)8-7-22(2)21-11(8)12(18)19/h4-7,10,12H,3H2,1-2H3,(H,20,23). The third-order valence-corrected chi connectivity index (χ3v) is 4.21. The molecule has 1 aliphatic carbocycles. The minimum absolute atomic E-state index is 0.0523. The van der Waals surface area contributed by atoms with Crippen molar-refractivity contribution in [2.45, 2.75) is 18.3 Å². The Balaban J connectivity index is 2.33. The minimum atomic E-state index is -2.94. The number of aryl methyl sites for hydroxylation is 1. The topological polar surface area (TPSA) is 73.2 Å². The third kappa shape index (κ3) is 4.01. The maximum atomic E-state index is 13.0. The van der Waals surface area contributed by atoms with E-state index in [1.165, 1.54) is 25.3 Å². The summed E-state index contributed by atoms with van der Waals surface area (Å²) in [5, 5.41) is 5.98. The van der Waals surface area contributed by atoms with Crippen LogP contribution in [0.2, 0.25) is 0 Å². The van der Waals surface area contributed by atoms with Crippen LogP contribution in [0.15, 0.2) is 29.5 Å². The average molecular weight is 394 g/mol. The second-order valence-electron chi connectivity index (χ2n) is 5.22. The molecule has 1 aliphatic rings. The zero-order valence-electron chi connectivity index (χ0n) is 13.3. The van der Waals surface area contributed by atoms with E-state index in [0.717, 1.165) is 10.9 Å². The lowest BCUT2D eigenvalue weighted by Gasteiger charge is -2.33. The van der Waals surface area contributed by atoms with Gasteiger partial charge in [-0.15, -0.1) is 0 Å². The van der Waals surface area contributed by atoms with Crippen molar-refractivity contribution in [1.82, 2.24) is 15.1 Å². The van der Waals surface area contributed by atoms with Gasteiger partial charge in [0.1, 0.15) is 11.6 Å². The zero-order valence-corrected chi connectivity index (χ0v) is 14.8. The number of rotatable bonds is 5. The summed E-state index contributed by atoms with van der Waals surface area (Å²) in [6.07, 6.45) is 2.41. The number of nitrogens with zero attached hydrogens (tertiary/aromatic N) is 2. The maximum Gasteiger partial charge on any atom is 0.318 e. The quantitative estimate of drug-likeness (QED) is 0.474. The summed E-state index contributed by atoms with van der Waals surface area (Å²) in [7, 11) is 1.40. The van der Waals surface area contributed by atoms with Gasteiger partial charge in [0, 0.05) is 18.3 Å². The summed E-state index contributed by atoms with van der Waals surface area (Å²) >= 11 is 12.4. The van der Waals surface area contributed by atoms with Gasteiger partial charge in [0.2, 0.25) is 0 Å². The van der Waals surface area contributed by atoms with Crippen molar-refractivity contribution in [1.29, 1.82) is 0 Å². The summed E-state index contributed by atoms with van der Waals surface area (Å²) in [5.74, 6) is -2.87. The number of allylic oxidation sites excluding steroid dienone is 2. The van der Waals surface area contributed by atoms with Crippen LogP contribution in [-0.2, 0) is 16.6 Å². The number of alkyl halides is 3. The van der Waals surface area contributed by atoms with Crippen molar-refractivity contribution in [3.8, 4) is 0 Å². The number of aromatic nitrogens is 2. The molecule has 25 heavy (non-hydrogen) atoms. The Hall–Kier alpha value is -1.93. The molecule has 10 heteroatoms. The number of carbonyl (C=O) groups excluding carboxylic acids is 2. The molecule has 1 N–H and O–H groups in total. The van der Waals surface area contributed by atoms with Crippen molar-refractivity contribution in [2.24, 2.45) is 13.0 Å². The molecular formula is C15H15Cl2F2N3O3. The number of hydrogen-bond donors (Lipinski definition) is 1. The molecule has 0 saturated carbocycles. The highest BCUT2D eigenvalue weighted by molar-refractivity contribution is 6.35. The molecule has 0 fully saturated rings. The van der Waals surface area contributed by atoms with E-state index in [4.69, 9.17) is 27.9 Å². The monoisotopic (exact) mass is 393 g/mol. The third-order valence-electron chi connectivity index (χ3n) is 3.43. The van der Waals surface area contributed by atoms with E-state index >= 15 is 0 Å². The molecule has 0 saturated heterocycles. The second kappa shape index (κ2) is 7.53. The van der Waals surface area contributed by atoms with Gasteiger partial charge < -0.3 is 10.1 Å². The normalized spacial score (nSPS) is 22.7. The van der Waals surface area contributed by atoms with Gasteiger partial charge in [-0.3, -0.25) is 14.3 Å². The van der Waals surface area contributed by atoms with Crippen LogP contribution in [0, 0.1) is 5.92 Å². The van der Waals surface area contributed by atoms with Crippen LogP contribution in [0.5, 0.6) is 0 Å². The Labute approximate surface area is 152 Å². The maximum absolute atomic E-state index is 13.0. The number of carbonyl (C=O) groups is 2. The molecule has 1 aromatic heterocycles. The van der Waals surface area contributed by atoms with E-state index in [1.807, 2.05) is 0 Å². The molecule has 1 aromatic rings. The Kier molecular flexibility index (Phi) is 5.84. The van der Waals surface area contributed by atoms with Crippen LogP contribution < -0.4 is 5.32 Å². The first-order valence-corrected chi connectivity index (χ1v) is 7.99. The van der Waals surface area contributed by atoms with Gasteiger partial charge in [0.25, 0.3) is 12.3 Å². The van der Waals surface area contributed by atoms with Gasteiger partial charge in [0.15, 0.2) is 5.00 Å². The van der Waals surface area contributed by atoms with Crippen LogP contribution in [-0.4, -0.2) is 33.3 Å². The highest BCUT2D eigenvalue weighted by atomic mass is 35.5. The number of ether oxygens (including phenoxy) is 1. The van der Waals surface area contributed by atoms with E-state index in [1.54, 1.807) is 6.92 Å². The molecule has 6 nitrogen and oxygen atoms in total. The summed E-state index contributed by atoms with van der Waals surface area (Å²) in [6, 6.07) is 0. The Bertz CT molecular complexity index is 748. The van der Waals surface area contributed by atoms with Crippen LogP contribution in [0.4, 0.5) is 8.78 Å². The van der Waals surface area contributed by atoms with E-state index in [0.29, 0.717) is 0 Å². The van der Waals surface area contributed by atoms with Gasteiger partial charge in [-0.05, 0) is 19.1 Å². The van der Waals surface area contributed by atoms with Crippen LogP contribution in [0.25, 0.3) is 0 Å². The van der Waals surface area contributed by atoms with Gasteiger partial charge in [-0.25, -0.2) is 8.78 Å². The van der Waals surface area contributed by atoms with Crippen molar-refractivity contribution in [2.75, 3.05) is 6.61 Å². The molecule has 0 aliphatic heterocycles. The number of amides is 1. The highest BCUT2D eigenvalue weighted by Gasteiger charge is 2.46. The first-order valence-electron chi connectivity index (χ1n) is 7.24. The number of halogens is 4. The van der Waals surface area contributed by atoms with Gasteiger partial charge >= 0.3 is 5.97 Å². The summed E-state index contributed by atoms with van der Waals surface area (Å²) in [6.45, 7) is 1.69. The number of nitrogens with one attached hydrogen (secondary N) is 1. The molecular weight excluding hydrogens is 379 g/mol. The van der Waals surface area contributed by atoms with E-state index in [9.17, 15) is 18.4 Å². The lowest BCUT2D eigenvalue weighted by molar-refractivity contribution is -0.147. The van der Waals surface area contributed by atoms with E-state index in [2.05, 4.69) is 10.4 Å². The molecule has 0 radical (unpaired) electrons. The molecule has 1 heterocycles. The predicted molar refractivity (Wildman–Crippen MR) is 87.4 cm³/mol. The molecule has 1 amide bonds. The fourth-order valence-corrected chi connectivity index (χ4v) is 3.13. The molecule has 0 aromatic carbocycles. The Morgan fingerprint density at radius 3 is 2.80 bits per heavy atom. The van der Waals surface area contributed by atoms with Gasteiger partial charge in [0.05, 0.1) is 12.2 Å². The van der Waals surface area contributed by atoms with Crippen molar-refractivity contribution in [3.63, 3.8) is 0 Å². The molecule has 2 rings (SSSR count). The predicted octanol–water partition coefficient (Wildman–Crippen LogP) is 2.89. The number of esters is 1. The minimum Gasteiger partial charge on any atom is -0.465 e. The largest absolute Gasteiger partial charge is 0.465 e. The molecule has 2 unspecified atom stereocenters. The molecule has 136 valence electrons. The average Bonchev–Trinajstić information content (AvgIpc) is 2.89. The molecule has 2 atom stereocenters. The first-order chi connectivity index (χ1) is 11.7. The van der Waals surface area contributed by atoms with Crippen molar-refractivity contribution >= 4 is 35.1 Å². The second-order valence-corrected chi connectivity index (χ2v) is 6.28. The lowest BCUT2D eigenvalue weighted by Crippen LogP contribution is -2.52. The zero-order chi connectivity index (χ0) is 18.8. The van der Waals surface area contributed by atoms with Gasteiger partial charge in [-0.1, -0.05) is 29.3 Å². The Morgan fingerprint density at radius 2 is 2.20 bits per heavy atom. The first kappa shape index (κ1) is 19.4. The van der Waals surface area contributed by atoms with E-state index < -0.39 is 34.9 Å². The Morgan fingerprint density at radius 1 is 1.52 bits per heavy atom. The van der Waals surface area contributed by atoms with Crippen molar-refractivity contribution in [3.05, 3.63) is 40.7 Å². The van der Waals surface area contributed by atoms with Crippen LogP contribution in [0.1, 0.15) is 29.4 Å². The summed E-state index contributed by atoms with van der Waals surface area (Å²) in [5.41, 5.74) is -1.03. The fourth-order valence-electron chi connectivity index (χ4n) is 2.38. The summed E-state index contributed by atoms with van der Waals surface area (Å²) < 4.78 is 32.1. The fraction of sp³-hybridized carbons (Fsp3) is 0.400. The van der Waals surface area contributed by atoms with Crippen LogP contribution >= 0.6 is 23.2 Å². The highest BCUT2D eigenvalue weighted by Crippen LogP contribution is 2.37. The number of hydrogen-bond acceptors (Lipinski definition) is 4. The molecule has 0 spiro atoms. The van der Waals surface area contributed by atoms with E-state index in [-0.39, 0.29) is 17.2 Å². The van der Waals surface area contributed by atoms with Crippen LogP contribution in [0.3, 0.4) is 0 Å². The van der Waals surface area contributed by atoms with Gasteiger partial charge in [-0.2, -0.15) is 5.10 Å². The smallest absolute Gasteiger partial charge is 0.318 e. The summed E-state index contributed by atoms with van der Waals surface area (Å²) in [4.78, 5) is 22.9.